The molecule has 1 aromatic heterocycles. The zero-order chi connectivity index (χ0) is 9.97. The smallest absolute Gasteiger partial charge is 0.0441 e. The van der Waals surface area contributed by atoms with Crippen molar-refractivity contribution in [3.05, 3.63) is 53.3 Å². The second-order valence-electron chi connectivity index (χ2n) is 3.15. The quantitative estimate of drug-likeness (QED) is 0.689. The Labute approximate surface area is 88.4 Å². The molecule has 0 radical (unpaired) electrons. The Morgan fingerprint density at radius 3 is 2.71 bits per heavy atom. The van der Waals surface area contributed by atoms with E-state index in [9.17, 15) is 0 Å². The molecule has 1 aromatic carbocycles. The maximum atomic E-state index is 6.04. The Balaban J connectivity index is 2.58. The molecule has 0 unspecified atom stereocenters. The van der Waals surface area contributed by atoms with Crippen molar-refractivity contribution in [2.24, 2.45) is 0 Å². The number of pyridine rings is 1. The maximum absolute atomic E-state index is 6.04. The van der Waals surface area contributed by atoms with Crippen LogP contribution in [0.1, 0.15) is 5.56 Å². The fourth-order valence-corrected chi connectivity index (χ4v) is 1.62. The van der Waals surface area contributed by atoms with E-state index in [1.165, 1.54) is 0 Å². The molecular weight excluding hydrogens is 194 g/mol. The van der Waals surface area contributed by atoms with Gasteiger partial charge in [0, 0.05) is 23.0 Å². The van der Waals surface area contributed by atoms with Gasteiger partial charge >= 0.3 is 0 Å². The summed E-state index contributed by atoms with van der Waals surface area (Å²) in [5.41, 5.74) is 3.35. The van der Waals surface area contributed by atoms with Gasteiger partial charge in [0.15, 0.2) is 0 Å². The Kier molecular flexibility index (Phi) is 2.51. The van der Waals surface area contributed by atoms with Gasteiger partial charge in [-0.25, -0.2) is 0 Å². The van der Waals surface area contributed by atoms with E-state index in [1.54, 1.807) is 6.20 Å². The summed E-state index contributed by atoms with van der Waals surface area (Å²) in [5, 5.41) is 0.798. The van der Waals surface area contributed by atoms with E-state index >= 15 is 0 Å². The molecule has 0 saturated carbocycles. The molecular formula is C12H10ClN. The number of benzene rings is 1. The number of hydrogen-bond acceptors (Lipinski definition) is 1. The molecule has 0 aliphatic heterocycles. The number of hydrogen-bond donors (Lipinski definition) is 0. The highest BCUT2D eigenvalue weighted by Gasteiger charge is 2.03. The second-order valence-corrected chi connectivity index (χ2v) is 3.56. The number of halogens is 1. The summed E-state index contributed by atoms with van der Waals surface area (Å²) in [7, 11) is 0. The van der Waals surface area contributed by atoms with Gasteiger partial charge in [-0.3, -0.25) is 4.98 Å². The van der Waals surface area contributed by atoms with Crippen molar-refractivity contribution in [1.29, 1.82) is 0 Å². The monoisotopic (exact) mass is 203 g/mol. The first-order valence-electron chi connectivity index (χ1n) is 4.44. The fourth-order valence-electron chi connectivity index (χ4n) is 1.44. The molecule has 0 fully saturated rings. The van der Waals surface area contributed by atoms with Gasteiger partial charge in [0.1, 0.15) is 0 Å². The molecule has 70 valence electrons. The molecule has 0 aliphatic carbocycles. The van der Waals surface area contributed by atoms with Gasteiger partial charge in [0.2, 0.25) is 0 Å². The normalized spacial score (nSPS) is 10.1. The SMILES string of the molecule is Cc1c(Cl)cccc1-c1cccnc1. The van der Waals surface area contributed by atoms with Crippen LogP contribution in [0.3, 0.4) is 0 Å². The topological polar surface area (TPSA) is 12.9 Å². The predicted octanol–water partition coefficient (Wildman–Crippen LogP) is 3.71. The minimum absolute atomic E-state index is 0.798. The highest BCUT2D eigenvalue weighted by Crippen LogP contribution is 2.27. The molecule has 0 amide bonds. The lowest BCUT2D eigenvalue weighted by atomic mass is 10.0. The second kappa shape index (κ2) is 3.81. The zero-order valence-corrected chi connectivity index (χ0v) is 8.62. The first kappa shape index (κ1) is 9.22. The lowest BCUT2D eigenvalue weighted by Crippen LogP contribution is -1.84. The number of aromatic nitrogens is 1. The van der Waals surface area contributed by atoms with E-state index in [-0.39, 0.29) is 0 Å². The molecule has 2 rings (SSSR count). The van der Waals surface area contributed by atoms with Crippen molar-refractivity contribution >= 4 is 11.6 Å². The summed E-state index contributed by atoms with van der Waals surface area (Å²) in [6.07, 6.45) is 3.61. The van der Waals surface area contributed by atoms with Crippen molar-refractivity contribution < 1.29 is 0 Å². The summed E-state index contributed by atoms with van der Waals surface area (Å²) >= 11 is 6.04. The third kappa shape index (κ3) is 1.64. The fraction of sp³-hybridized carbons (Fsp3) is 0.0833. The summed E-state index contributed by atoms with van der Waals surface area (Å²) in [6, 6.07) is 9.87. The highest BCUT2D eigenvalue weighted by atomic mass is 35.5. The van der Waals surface area contributed by atoms with Crippen LogP contribution >= 0.6 is 11.6 Å². The van der Waals surface area contributed by atoms with Gasteiger partial charge < -0.3 is 0 Å². The molecule has 0 bridgehead atoms. The molecule has 2 heteroatoms. The first-order valence-corrected chi connectivity index (χ1v) is 4.82. The van der Waals surface area contributed by atoms with Crippen molar-refractivity contribution in [2.75, 3.05) is 0 Å². The van der Waals surface area contributed by atoms with Crippen LogP contribution in [0, 0.1) is 6.92 Å². The Morgan fingerprint density at radius 2 is 2.00 bits per heavy atom. The van der Waals surface area contributed by atoms with Crippen molar-refractivity contribution in [2.45, 2.75) is 6.92 Å². The Morgan fingerprint density at radius 1 is 1.14 bits per heavy atom. The van der Waals surface area contributed by atoms with Gasteiger partial charge in [-0.15, -0.1) is 0 Å². The molecule has 1 nitrogen and oxygen atoms in total. The largest absolute Gasteiger partial charge is 0.264 e. The van der Waals surface area contributed by atoms with Gasteiger partial charge in [0.25, 0.3) is 0 Å². The molecule has 0 spiro atoms. The van der Waals surface area contributed by atoms with Gasteiger partial charge in [-0.2, -0.15) is 0 Å². The Hall–Kier alpha value is -1.34. The van der Waals surface area contributed by atoms with Crippen molar-refractivity contribution in [3.8, 4) is 11.1 Å². The standard InChI is InChI=1S/C12H10ClN/c1-9-11(5-2-6-12(9)13)10-4-3-7-14-8-10/h2-8H,1H3. The zero-order valence-electron chi connectivity index (χ0n) is 7.87. The van der Waals surface area contributed by atoms with Crippen LogP contribution in [-0.2, 0) is 0 Å². The molecule has 1 heterocycles. The third-order valence-corrected chi connectivity index (χ3v) is 2.65. The van der Waals surface area contributed by atoms with E-state index in [2.05, 4.69) is 11.1 Å². The van der Waals surface area contributed by atoms with Crippen molar-refractivity contribution in [1.82, 2.24) is 4.98 Å². The molecule has 0 N–H and O–H groups in total. The molecule has 2 aromatic rings. The van der Waals surface area contributed by atoms with E-state index in [0.29, 0.717) is 0 Å². The van der Waals surface area contributed by atoms with Crippen LogP contribution in [-0.4, -0.2) is 4.98 Å². The Bertz CT molecular complexity index is 437. The average molecular weight is 204 g/mol. The first-order chi connectivity index (χ1) is 6.79. The van der Waals surface area contributed by atoms with Crippen LogP contribution < -0.4 is 0 Å². The van der Waals surface area contributed by atoms with Gasteiger partial charge in [-0.1, -0.05) is 29.8 Å². The van der Waals surface area contributed by atoms with E-state index < -0.39 is 0 Å². The van der Waals surface area contributed by atoms with Crippen LogP contribution in [0.2, 0.25) is 5.02 Å². The lowest BCUT2D eigenvalue weighted by Gasteiger charge is -2.06. The van der Waals surface area contributed by atoms with Gasteiger partial charge in [-0.05, 0) is 30.2 Å². The van der Waals surface area contributed by atoms with Crippen molar-refractivity contribution in [3.63, 3.8) is 0 Å². The maximum Gasteiger partial charge on any atom is 0.0441 e. The minimum Gasteiger partial charge on any atom is -0.264 e. The summed E-state index contributed by atoms with van der Waals surface area (Å²) in [6.45, 7) is 2.02. The van der Waals surface area contributed by atoms with Crippen LogP contribution in [0.15, 0.2) is 42.7 Å². The molecule has 14 heavy (non-hydrogen) atoms. The molecule has 0 saturated heterocycles. The number of nitrogens with zero attached hydrogens (tertiary/aromatic N) is 1. The summed E-state index contributed by atoms with van der Waals surface area (Å²) in [5.74, 6) is 0. The molecule has 0 aliphatic rings. The van der Waals surface area contributed by atoms with E-state index in [1.807, 2.05) is 37.4 Å². The summed E-state index contributed by atoms with van der Waals surface area (Å²) in [4.78, 5) is 4.09. The van der Waals surface area contributed by atoms with E-state index in [4.69, 9.17) is 11.6 Å². The van der Waals surface area contributed by atoms with Crippen LogP contribution in [0.4, 0.5) is 0 Å². The van der Waals surface area contributed by atoms with E-state index in [0.717, 1.165) is 21.7 Å². The van der Waals surface area contributed by atoms with Crippen LogP contribution in [0.5, 0.6) is 0 Å². The minimum atomic E-state index is 0.798. The highest BCUT2D eigenvalue weighted by molar-refractivity contribution is 6.31. The average Bonchev–Trinajstić information content (AvgIpc) is 2.23. The summed E-state index contributed by atoms with van der Waals surface area (Å²) < 4.78 is 0. The van der Waals surface area contributed by atoms with Gasteiger partial charge in [0.05, 0.1) is 0 Å². The predicted molar refractivity (Wildman–Crippen MR) is 59.4 cm³/mol. The molecule has 0 atom stereocenters. The lowest BCUT2D eigenvalue weighted by molar-refractivity contribution is 1.32. The number of rotatable bonds is 1. The van der Waals surface area contributed by atoms with Crippen LogP contribution in [0.25, 0.3) is 11.1 Å². The third-order valence-electron chi connectivity index (χ3n) is 2.24.